The maximum Gasteiger partial charge on any atom is 0.261 e. The molecule has 1 spiro atoms. The van der Waals surface area contributed by atoms with E-state index in [-0.39, 0.29) is 24.4 Å². The van der Waals surface area contributed by atoms with Crippen molar-refractivity contribution in [1.29, 1.82) is 0 Å². The van der Waals surface area contributed by atoms with Gasteiger partial charge < -0.3 is 5.73 Å². The summed E-state index contributed by atoms with van der Waals surface area (Å²) in [6.45, 7) is 2.21. The zero-order valence-corrected chi connectivity index (χ0v) is 14.0. The fourth-order valence-electron chi connectivity index (χ4n) is 4.21. The number of halogens is 3. The van der Waals surface area contributed by atoms with Crippen molar-refractivity contribution in [3.63, 3.8) is 0 Å². The van der Waals surface area contributed by atoms with Gasteiger partial charge in [0, 0.05) is 35.9 Å². The van der Waals surface area contributed by atoms with E-state index in [1.54, 1.807) is 23.6 Å². The molecule has 2 heterocycles. The van der Waals surface area contributed by atoms with Crippen LogP contribution in [0.3, 0.4) is 0 Å². The molecule has 2 N–H and O–H groups in total. The lowest BCUT2D eigenvalue weighted by Gasteiger charge is -2.23. The zero-order chi connectivity index (χ0) is 17.3. The smallest absolute Gasteiger partial charge is 0.261 e. The highest BCUT2D eigenvalue weighted by Crippen LogP contribution is 2.52. The molecular weight excluding hydrogens is 336 g/mol. The SMILES string of the molecule is C[C@@H](N)c1cc(Cl)cc2c(=O)n3c(nc12)[C@]1(CC3)CCC(F)(F)C1. The number of aromatic nitrogens is 2. The number of hydrogen-bond donors (Lipinski definition) is 1. The Morgan fingerprint density at radius 1 is 1.33 bits per heavy atom. The molecule has 0 bridgehead atoms. The Balaban J connectivity index is 2.01. The molecule has 1 fully saturated rings. The van der Waals surface area contributed by atoms with Crippen molar-refractivity contribution < 1.29 is 8.78 Å². The molecule has 2 atom stereocenters. The van der Waals surface area contributed by atoms with Crippen molar-refractivity contribution >= 4 is 22.5 Å². The summed E-state index contributed by atoms with van der Waals surface area (Å²) in [5.74, 6) is -2.20. The van der Waals surface area contributed by atoms with Crippen molar-refractivity contribution in [3.05, 3.63) is 38.9 Å². The number of hydrogen-bond acceptors (Lipinski definition) is 3. The molecule has 0 saturated heterocycles. The van der Waals surface area contributed by atoms with Crippen molar-refractivity contribution in [3.8, 4) is 0 Å². The van der Waals surface area contributed by atoms with E-state index in [1.165, 1.54) is 0 Å². The van der Waals surface area contributed by atoms with E-state index >= 15 is 0 Å². The summed E-state index contributed by atoms with van der Waals surface area (Å²) in [6.07, 6.45) is 0.502. The minimum atomic E-state index is -2.69. The van der Waals surface area contributed by atoms with E-state index in [0.717, 1.165) is 0 Å². The predicted octanol–water partition coefficient (Wildman–Crippen LogP) is 3.53. The minimum Gasteiger partial charge on any atom is -0.324 e. The van der Waals surface area contributed by atoms with E-state index in [0.29, 0.717) is 46.7 Å². The van der Waals surface area contributed by atoms with Gasteiger partial charge in [0.1, 0.15) is 5.82 Å². The Morgan fingerprint density at radius 3 is 2.71 bits per heavy atom. The van der Waals surface area contributed by atoms with Crippen LogP contribution in [0.4, 0.5) is 8.78 Å². The summed E-state index contributed by atoms with van der Waals surface area (Å²) in [7, 11) is 0. The second kappa shape index (κ2) is 4.99. The highest BCUT2D eigenvalue weighted by molar-refractivity contribution is 6.31. The first-order valence-corrected chi connectivity index (χ1v) is 8.48. The van der Waals surface area contributed by atoms with Crippen LogP contribution in [-0.4, -0.2) is 15.5 Å². The van der Waals surface area contributed by atoms with Crippen LogP contribution in [0.2, 0.25) is 5.02 Å². The van der Waals surface area contributed by atoms with Crippen LogP contribution in [0.5, 0.6) is 0 Å². The first-order chi connectivity index (χ1) is 11.2. The van der Waals surface area contributed by atoms with Crippen LogP contribution in [-0.2, 0) is 12.0 Å². The maximum absolute atomic E-state index is 13.9. The molecule has 0 radical (unpaired) electrons. The van der Waals surface area contributed by atoms with Gasteiger partial charge in [-0.1, -0.05) is 11.6 Å². The highest BCUT2D eigenvalue weighted by atomic mass is 35.5. The average molecular weight is 354 g/mol. The molecule has 24 heavy (non-hydrogen) atoms. The number of fused-ring (bicyclic) bond motifs is 3. The molecule has 2 aromatic rings. The highest BCUT2D eigenvalue weighted by Gasteiger charge is 2.54. The van der Waals surface area contributed by atoms with Gasteiger partial charge in [-0.25, -0.2) is 13.8 Å². The lowest BCUT2D eigenvalue weighted by Crippen LogP contribution is -2.28. The monoisotopic (exact) mass is 353 g/mol. The van der Waals surface area contributed by atoms with Gasteiger partial charge in [0.15, 0.2) is 0 Å². The predicted molar refractivity (Wildman–Crippen MR) is 88.7 cm³/mol. The lowest BCUT2D eigenvalue weighted by atomic mass is 9.84. The van der Waals surface area contributed by atoms with Crippen molar-refractivity contribution in [2.24, 2.45) is 5.73 Å². The van der Waals surface area contributed by atoms with Gasteiger partial charge in [-0.3, -0.25) is 9.36 Å². The first kappa shape index (κ1) is 16.0. The van der Waals surface area contributed by atoms with Crippen LogP contribution in [0.1, 0.15) is 50.0 Å². The Kier molecular flexibility index (Phi) is 3.32. The van der Waals surface area contributed by atoms with Gasteiger partial charge in [-0.05, 0) is 37.5 Å². The molecule has 4 rings (SSSR count). The Morgan fingerprint density at radius 2 is 2.08 bits per heavy atom. The number of nitrogens with zero attached hydrogens (tertiary/aromatic N) is 2. The van der Waals surface area contributed by atoms with Crippen LogP contribution >= 0.6 is 11.6 Å². The van der Waals surface area contributed by atoms with Gasteiger partial charge >= 0.3 is 0 Å². The van der Waals surface area contributed by atoms with Crippen LogP contribution in [0, 0.1) is 0 Å². The fraction of sp³-hybridized carbons (Fsp3) is 0.529. The zero-order valence-electron chi connectivity index (χ0n) is 13.3. The molecule has 7 heteroatoms. The lowest BCUT2D eigenvalue weighted by molar-refractivity contribution is 0.00242. The normalized spacial score (nSPS) is 26.2. The first-order valence-electron chi connectivity index (χ1n) is 8.10. The molecule has 128 valence electrons. The summed E-state index contributed by atoms with van der Waals surface area (Å²) in [4.78, 5) is 17.6. The summed E-state index contributed by atoms with van der Waals surface area (Å²) in [5, 5.41) is 0.828. The van der Waals surface area contributed by atoms with Crippen LogP contribution in [0.25, 0.3) is 10.9 Å². The molecule has 2 aliphatic rings. The summed E-state index contributed by atoms with van der Waals surface area (Å²) < 4.78 is 29.3. The number of nitrogens with two attached hydrogens (primary N) is 1. The van der Waals surface area contributed by atoms with Crippen molar-refractivity contribution in [2.75, 3.05) is 0 Å². The molecule has 1 aliphatic carbocycles. The number of alkyl halides is 2. The third kappa shape index (κ3) is 2.19. The molecule has 0 amide bonds. The van der Waals surface area contributed by atoms with Gasteiger partial charge in [0.25, 0.3) is 5.56 Å². The van der Waals surface area contributed by atoms with Gasteiger partial charge in [0.2, 0.25) is 5.92 Å². The molecular formula is C17H18ClF2N3O. The third-order valence-electron chi connectivity index (χ3n) is 5.40. The minimum absolute atomic E-state index is 0.151. The topological polar surface area (TPSA) is 60.9 Å². The van der Waals surface area contributed by atoms with Crippen LogP contribution in [0.15, 0.2) is 16.9 Å². The second-order valence-electron chi connectivity index (χ2n) is 7.14. The molecule has 0 unspecified atom stereocenters. The van der Waals surface area contributed by atoms with Crippen LogP contribution < -0.4 is 11.3 Å². The van der Waals surface area contributed by atoms with E-state index in [2.05, 4.69) is 4.98 Å². The molecule has 1 aliphatic heterocycles. The third-order valence-corrected chi connectivity index (χ3v) is 5.62. The number of rotatable bonds is 1. The number of benzene rings is 1. The van der Waals surface area contributed by atoms with E-state index in [4.69, 9.17) is 17.3 Å². The van der Waals surface area contributed by atoms with Gasteiger partial charge in [0.05, 0.1) is 10.9 Å². The van der Waals surface area contributed by atoms with E-state index < -0.39 is 11.3 Å². The fourth-order valence-corrected chi connectivity index (χ4v) is 4.44. The van der Waals surface area contributed by atoms with Crippen molar-refractivity contribution in [1.82, 2.24) is 9.55 Å². The van der Waals surface area contributed by atoms with Crippen molar-refractivity contribution in [2.45, 2.75) is 56.5 Å². The molecule has 1 aromatic carbocycles. The summed E-state index contributed by atoms with van der Waals surface area (Å²) in [6, 6.07) is 2.92. The Bertz CT molecular complexity index is 909. The Labute approximate surface area is 142 Å². The standard InChI is InChI=1S/C17H18ClF2N3O/c1-9(21)11-6-10(18)7-12-13(11)22-15-16(2-3-17(19,20)8-16)4-5-23(15)14(12)24/h6-7,9H,2-5,8,21H2,1H3/t9-,16+/m1/s1. The summed E-state index contributed by atoms with van der Waals surface area (Å²) >= 11 is 6.12. The summed E-state index contributed by atoms with van der Waals surface area (Å²) in [5.41, 5.74) is 6.24. The molecule has 4 nitrogen and oxygen atoms in total. The average Bonchev–Trinajstić information content (AvgIpc) is 3.00. The molecule has 1 saturated carbocycles. The maximum atomic E-state index is 13.9. The van der Waals surface area contributed by atoms with E-state index in [9.17, 15) is 13.6 Å². The Hall–Kier alpha value is -1.53. The van der Waals surface area contributed by atoms with E-state index in [1.807, 2.05) is 0 Å². The quantitative estimate of drug-likeness (QED) is 0.853. The largest absolute Gasteiger partial charge is 0.324 e. The second-order valence-corrected chi connectivity index (χ2v) is 7.57. The molecule has 1 aromatic heterocycles. The van der Waals surface area contributed by atoms with Gasteiger partial charge in [-0.2, -0.15) is 0 Å². The van der Waals surface area contributed by atoms with Gasteiger partial charge in [-0.15, -0.1) is 0 Å².